The zero-order valence-corrected chi connectivity index (χ0v) is 20.7. The number of amides is 1. The van der Waals surface area contributed by atoms with Crippen molar-refractivity contribution in [1.29, 1.82) is 0 Å². The van der Waals surface area contributed by atoms with Crippen LogP contribution in [0.3, 0.4) is 0 Å². The van der Waals surface area contributed by atoms with Gasteiger partial charge in [0, 0.05) is 53.1 Å². The van der Waals surface area contributed by atoms with Crippen molar-refractivity contribution < 1.29 is 18.3 Å². The number of ether oxygens (including phenoxy) is 1. The van der Waals surface area contributed by atoms with Crippen LogP contribution >= 0.6 is 23.4 Å². The van der Waals surface area contributed by atoms with Crippen molar-refractivity contribution in [2.24, 2.45) is 0 Å². The van der Waals surface area contributed by atoms with E-state index in [-0.39, 0.29) is 29.8 Å². The number of piperidine rings is 1. The monoisotopic (exact) mass is 513 g/mol. The maximum atomic E-state index is 14.0. The number of carbonyl (C=O) groups is 1. The molecule has 2 unspecified atom stereocenters. The number of halogens is 3. The van der Waals surface area contributed by atoms with Crippen molar-refractivity contribution in [2.75, 3.05) is 0 Å². The van der Waals surface area contributed by atoms with Crippen LogP contribution in [-0.2, 0) is 11.5 Å². The van der Waals surface area contributed by atoms with Crippen LogP contribution in [0.25, 0.3) is 0 Å². The average molecular weight is 514 g/mol. The molecule has 0 spiro atoms. The molecule has 3 nitrogen and oxygen atoms in total. The summed E-state index contributed by atoms with van der Waals surface area (Å²) in [5.41, 5.74) is 3.10. The van der Waals surface area contributed by atoms with Crippen LogP contribution in [0.4, 0.5) is 8.78 Å². The highest BCUT2D eigenvalue weighted by molar-refractivity contribution is 7.97. The van der Waals surface area contributed by atoms with Crippen molar-refractivity contribution in [3.63, 3.8) is 0 Å². The Hall–Kier alpha value is -2.57. The molecule has 35 heavy (non-hydrogen) atoms. The van der Waals surface area contributed by atoms with Crippen LogP contribution in [0.5, 0.6) is 5.75 Å². The largest absolute Gasteiger partial charge is 0.487 e. The lowest BCUT2D eigenvalue weighted by molar-refractivity contribution is 0.0349. The first-order chi connectivity index (χ1) is 17.0. The Balaban J connectivity index is 1.16. The molecule has 2 saturated heterocycles. The van der Waals surface area contributed by atoms with Gasteiger partial charge in [-0.25, -0.2) is 8.78 Å². The minimum atomic E-state index is -0.692. The Morgan fingerprint density at radius 1 is 0.914 bits per heavy atom. The number of benzene rings is 3. The fourth-order valence-corrected chi connectivity index (χ4v) is 6.15. The normalized spacial score (nSPS) is 21.2. The maximum absolute atomic E-state index is 14.0. The summed E-state index contributed by atoms with van der Waals surface area (Å²) in [6.45, 7) is 0. The van der Waals surface area contributed by atoms with Crippen LogP contribution in [0.15, 0.2) is 66.7 Å². The molecule has 1 amide bonds. The quantitative estimate of drug-likeness (QED) is 0.333. The van der Waals surface area contributed by atoms with Crippen molar-refractivity contribution in [1.82, 2.24) is 4.90 Å². The number of thioether (sulfide) groups is 1. The molecule has 0 saturated carbocycles. The predicted molar refractivity (Wildman–Crippen MR) is 136 cm³/mol. The summed E-state index contributed by atoms with van der Waals surface area (Å²) in [5, 5.41) is 0.742. The highest BCUT2D eigenvalue weighted by Crippen LogP contribution is 2.38. The predicted octanol–water partition coefficient (Wildman–Crippen LogP) is 7.27. The minimum absolute atomic E-state index is 0.0456. The van der Waals surface area contributed by atoms with Gasteiger partial charge in [-0.1, -0.05) is 35.9 Å². The second-order valence-electron chi connectivity index (χ2n) is 9.20. The van der Waals surface area contributed by atoms with Crippen LogP contribution < -0.4 is 4.74 Å². The Bertz CT molecular complexity index is 1170. The molecule has 0 N–H and O–H groups in total. The maximum Gasteiger partial charge on any atom is 0.254 e. The van der Waals surface area contributed by atoms with Gasteiger partial charge in [-0.2, -0.15) is 11.8 Å². The first kappa shape index (κ1) is 24.1. The van der Waals surface area contributed by atoms with E-state index >= 15 is 0 Å². The van der Waals surface area contributed by atoms with Gasteiger partial charge in [0.2, 0.25) is 0 Å². The molecule has 5 rings (SSSR count). The van der Waals surface area contributed by atoms with E-state index in [2.05, 4.69) is 0 Å². The van der Waals surface area contributed by atoms with Gasteiger partial charge in [-0.15, -0.1) is 0 Å². The third kappa shape index (κ3) is 5.65. The summed E-state index contributed by atoms with van der Waals surface area (Å²) in [6.07, 6.45) is 2.96. The molecular formula is C28H26ClF2NO2S. The topological polar surface area (TPSA) is 29.5 Å². The highest BCUT2D eigenvalue weighted by Gasteiger charge is 2.44. The van der Waals surface area contributed by atoms with Gasteiger partial charge in [-0.05, 0) is 60.4 Å². The molecule has 7 heteroatoms. The van der Waals surface area contributed by atoms with Crippen LogP contribution in [0.2, 0.25) is 5.02 Å². The molecule has 2 bridgehead atoms. The van der Waals surface area contributed by atoms with E-state index in [4.69, 9.17) is 16.3 Å². The molecule has 3 aromatic rings. The lowest BCUT2D eigenvalue weighted by Gasteiger charge is -2.39. The van der Waals surface area contributed by atoms with Gasteiger partial charge in [-0.3, -0.25) is 4.79 Å². The second kappa shape index (κ2) is 10.6. The number of hydrogen-bond donors (Lipinski definition) is 0. The lowest BCUT2D eigenvalue weighted by atomic mass is 9.98. The number of fused-ring (bicyclic) bond motifs is 2. The summed E-state index contributed by atoms with van der Waals surface area (Å²) in [4.78, 5) is 15.3. The molecule has 182 valence electrons. The molecule has 2 aliphatic heterocycles. The SMILES string of the molecule is O=C(c1ccc(CSCc2ccc(Cl)cc2)cc1)N1C2CCC1CC(Oc1ccc(F)cc1F)C2. The van der Waals surface area contributed by atoms with E-state index in [0.29, 0.717) is 18.4 Å². The zero-order chi connectivity index (χ0) is 24.4. The highest BCUT2D eigenvalue weighted by atomic mass is 35.5. The Morgan fingerprint density at radius 2 is 1.51 bits per heavy atom. The fourth-order valence-electron chi connectivity index (χ4n) is 5.07. The molecule has 0 aromatic heterocycles. The number of nitrogens with zero attached hydrogens (tertiary/aromatic N) is 1. The molecule has 2 aliphatic rings. The summed E-state index contributed by atoms with van der Waals surface area (Å²) in [5.74, 6) is 0.568. The second-order valence-corrected chi connectivity index (χ2v) is 10.6. The van der Waals surface area contributed by atoms with E-state index in [9.17, 15) is 13.6 Å². The standard InChI is InChI=1S/C28H26ClF2NO2S/c29-21-7-3-19(4-8-21)17-35-16-18-1-5-20(6-2-18)28(33)32-23-10-11-24(32)15-25(14-23)34-27-12-9-22(30)13-26(27)31/h1-9,12-13,23-25H,10-11,14-17H2. The Morgan fingerprint density at radius 3 is 2.11 bits per heavy atom. The molecule has 0 radical (unpaired) electrons. The summed E-state index contributed by atoms with van der Waals surface area (Å²) >= 11 is 7.76. The van der Waals surface area contributed by atoms with Crippen LogP contribution in [0, 0.1) is 11.6 Å². The van der Waals surface area contributed by atoms with Gasteiger partial charge < -0.3 is 9.64 Å². The van der Waals surface area contributed by atoms with E-state index in [1.807, 2.05) is 65.2 Å². The van der Waals surface area contributed by atoms with Gasteiger partial charge in [0.05, 0.1) is 0 Å². The summed E-state index contributed by atoms with van der Waals surface area (Å²) in [7, 11) is 0. The van der Waals surface area contributed by atoms with E-state index in [0.717, 1.165) is 35.4 Å². The van der Waals surface area contributed by atoms with Crippen molar-refractivity contribution >= 4 is 29.3 Å². The third-order valence-electron chi connectivity index (χ3n) is 6.76. The van der Waals surface area contributed by atoms with Crippen molar-refractivity contribution in [3.8, 4) is 5.75 Å². The summed E-state index contributed by atoms with van der Waals surface area (Å²) in [6, 6.07) is 19.3. The van der Waals surface area contributed by atoms with Gasteiger partial charge in [0.15, 0.2) is 11.6 Å². The molecule has 3 aromatic carbocycles. The molecule has 2 fully saturated rings. The minimum Gasteiger partial charge on any atom is -0.487 e. The van der Waals surface area contributed by atoms with Crippen molar-refractivity contribution in [2.45, 2.75) is 55.4 Å². The molecule has 0 aliphatic carbocycles. The van der Waals surface area contributed by atoms with Crippen molar-refractivity contribution in [3.05, 3.63) is 100 Å². The average Bonchev–Trinajstić information content (AvgIpc) is 3.12. The zero-order valence-electron chi connectivity index (χ0n) is 19.1. The van der Waals surface area contributed by atoms with Crippen LogP contribution in [0.1, 0.15) is 47.2 Å². The fraction of sp³-hybridized carbons (Fsp3) is 0.321. The Labute approximate surface area is 213 Å². The van der Waals surface area contributed by atoms with E-state index < -0.39 is 11.6 Å². The first-order valence-corrected chi connectivity index (χ1v) is 13.3. The lowest BCUT2D eigenvalue weighted by Crippen LogP contribution is -2.49. The van der Waals surface area contributed by atoms with Gasteiger partial charge >= 0.3 is 0 Å². The van der Waals surface area contributed by atoms with Crippen LogP contribution in [-0.4, -0.2) is 29.0 Å². The number of hydrogen-bond acceptors (Lipinski definition) is 3. The first-order valence-electron chi connectivity index (χ1n) is 11.8. The molecule has 2 atom stereocenters. The van der Waals surface area contributed by atoms with Gasteiger partial charge in [0.25, 0.3) is 5.91 Å². The smallest absolute Gasteiger partial charge is 0.254 e. The van der Waals surface area contributed by atoms with Gasteiger partial charge in [0.1, 0.15) is 11.9 Å². The summed E-state index contributed by atoms with van der Waals surface area (Å²) < 4.78 is 33.1. The number of rotatable bonds is 7. The third-order valence-corrected chi connectivity index (χ3v) is 8.09. The Kier molecular flexibility index (Phi) is 7.30. The van der Waals surface area contributed by atoms with E-state index in [1.165, 1.54) is 23.3 Å². The van der Waals surface area contributed by atoms with E-state index in [1.54, 1.807) is 0 Å². The number of carbonyl (C=O) groups excluding carboxylic acids is 1. The molecule has 2 heterocycles. The molecular weight excluding hydrogens is 488 g/mol.